The molecular formula is C17H22FN3O3S. The van der Waals surface area contributed by atoms with E-state index in [1.807, 2.05) is 17.7 Å². The van der Waals surface area contributed by atoms with Gasteiger partial charge in [0.25, 0.3) is 0 Å². The van der Waals surface area contributed by atoms with Crippen molar-refractivity contribution >= 4 is 10.0 Å². The van der Waals surface area contributed by atoms with Crippen molar-refractivity contribution in [2.75, 3.05) is 33.1 Å². The summed E-state index contributed by atoms with van der Waals surface area (Å²) >= 11 is 0. The molecule has 136 valence electrons. The first-order valence-corrected chi connectivity index (χ1v) is 9.68. The Morgan fingerprint density at radius 1 is 1.36 bits per heavy atom. The standard InChI is InChI=1S/C17H22FN3O3S/c1-12-8-14(18)4-5-15(12)17-19-6-7-21(17)16-10-24-9-13(16)11-25(22,23)20(2)3/h4-8,13,16H,9-11H2,1-3H3/t13-,16-/m1/s1. The lowest BCUT2D eigenvalue weighted by atomic mass is 10.0. The van der Waals surface area contributed by atoms with Gasteiger partial charge in [0.2, 0.25) is 10.0 Å². The predicted octanol–water partition coefficient (Wildman–Crippen LogP) is 2.08. The van der Waals surface area contributed by atoms with Crippen molar-refractivity contribution in [3.63, 3.8) is 0 Å². The van der Waals surface area contributed by atoms with Gasteiger partial charge >= 0.3 is 0 Å². The number of sulfonamides is 1. The Kier molecular flexibility index (Phi) is 4.95. The van der Waals surface area contributed by atoms with E-state index in [1.165, 1.54) is 30.5 Å². The molecule has 1 aromatic carbocycles. The smallest absolute Gasteiger partial charge is 0.214 e. The van der Waals surface area contributed by atoms with Gasteiger partial charge < -0.3 is 9.30 Å². The molecule has 0 aliphatic carbocycles. The van der Waals surface area contributed by atoms with Crippen LogP contribution < -0.4 is 0 Å². The van der Waals surface area contributed by atoms with Crippen LogP contribution in [-0.2, 0) is 14.8 Å². The molecule has 0 amide bonds. The lowest BCUT2D eigenvalue weighted by molar-refractivity contribution is 0.182. The summed E-state index contributed by atoms with van der Waals surface area (Å²) in [5, 5.41) is 0. The largest absolute Gasteiger partial charge is 0.379 e. The second-order valence-corrected chi connectivity index (χ2v) is 8.77. The summed E-state index contributed by atoms with van der Waals surface area (Å²) in [5.74, 6) is 0.255. The quantitative estimate of drug-likeness (QED) is 0.812. The Morgan fingerprint density at radius 2 is 2.12 bits per heavy atom. The van der Waals surface area contributed by atoms with Gasteiger partial charge in [-0.15, -0.1) is 0 Å². The van der Waals surface area contributed by atoms with Crippen molar-refractivity contribution in [1.29, 1.82) is 0 Å². The van der Waals surface area contributed by atoms with Crippen molar-refractivity contribution < 1.29 is 17.5 Å². The number of hydrogen-bond donors (Lipinski definition) is 0. The van der Waals surface area contributed by atoms with Crippen LogP contribution in [0, 0.1) is 18.7 Å². The van der Waals surface area contributed by atoms with Crippen molar-refractivity contribution in [2.45, 2.75) is 13.0 Å². The van der Waals surface area contributed by atoms with E-state index < -0.39 is 10.0 Å². The summed E-state index contributed by atoms with van der Waals surface area (Å²) < 4.78 is 46.7. The molecule has 3 rings (SSSR count). The summed E-state index contributed by atoms with van der Waals surface area (Å²) in [5.41, 5.74) is 1.61. The number of ether oxygens (including phenoxy) is 1. The van der Waals surface area contributed by atoms with Gasteiger partial charge in [-0.3, -0.25) is 0 Å². The van der Waals surface area contributed by atoms with E-state index in [0.717, 1.165) is 11.1 Å². The highest BCUT2D eigenvalue weighted by Gasteiger charge is 2.35. The Bertz CT molecular complexity index is 864. The Labute approximate surface area is 147 Å². The number of rotatable bonds is 5. The van der Waals surface area contributed by atoms with Crippen LogP contribution in [0.2, 0.25) is 0 Å². The first-order chi connectivity index (χ1) is 11.8. The molecular weight excluding hydrogens is 345 g/mol. The average molecular weight is 367 g/mol. The van der Waals surface area contributed by atoms with Gasteiger partial charge in [-0.2, -0.15) is 0 Å². The van der Waals surface area contributed by atoms with Gasteiger partial charge in [-0.05, 0) is 30.7 Å². The molecule has 6 nitrogen and oxygen atoms in total. The molecule has 2 heterocycles. The summed E-state index contributed by atoms with van der Waals surface area (Å²) in [6.07, 6.45) is 3.50. The van der Waals surface area contributed by atoms with Gasteiger partial charge in [-0.25, -0.2) is 22.1 Å². The number of benzene rings is 1. The average Bonchev–Trinajstić information content (AvgIpc) is 3.15. The minimum absolute atomic E-state index is 0.0185. The van der Waals surface area contributed by atoms with Crippen molar-refractivity contribution in [1.82, 2.24) is 13.9 Å². The van der Waals surface area contributed by atoms with E-state index in [-0.39, 0.29) is 23.5 Å². The van der Waals surface area contributed by atoms with E-state index >= 15 is 0 Å². The van der Waals surface area contributed by atoms with Crippen LogP contribution in [0.25, 0.3) is 11.4 Å². The second kappa shape index (κ2) is 6.86. The molecule has 1 aliphatic rings. The number of imidazole rings is 1. The third-order valence-corrected chi connectivity index (χ3v) is 6.56. The van der Waals surface area contributed by atoms with Gasteiger partial charge in [0.05, 0.1) is 25.0 Å². The first-order valence-electron chi connectivity index (χ1n) is 8.07. The molecule has 0 bridgehead atoms. The first kappa shape index (κ1) is 18.0. The molecule has 0 N–H and O–H groups in total. The second-order valence-electron chi connectivity index (χ2n) is 6.54. The fraction of sp³-hybridized carbons (Fsp3) is 0.471. The van der Waals surface area contributed by atoms with Crippen LogP contribution in [0.15, 0.2) is 30.6 Å². The fourth-order valence-corrected chi connectivity index (χ4v) is 4.30. The summed E-state index contributed by atoms with van der Waals surface area (Å²) in [6.45, 7) is 2.64. The van der Waals surface area contributed by atoms with Crippen LogP contribution in [0.4, 0.5) is 4.39 Å². The van der Waals surface area contributed by atoms with Crippen LogP contribution in [0.3, 0.4) is 0 Å². The van der Waals surface area contributed by atoms with Gasteiger partial charge in [0.1, 0.15) is 11.6 Å². The van der Waals surface area contributed by atoms with Crippen molar-refractivity contribution in [3.05, 3.63) is 42.0 Å². The van der Waals surface area contributed by atoms with Crippen LogP contribution in [-0.4, -0.2) is 55.3 Å². The zero-order valence-corrected chi connectivity index (χ0v) is 15.3. The predicted molar refractivity (Wildman–Crippen MR) is 93.2 cm³/mol. The molecule has 2 aromatic rings. The van der Waals surface area contributed by atoms with Crippen LogP contribution >= 0.6 is 0 Å². The van der Waals surface area contributed by atoms with E-state index in [0.29, 0.717) is 19.0 Å². The molecule has 0 radical (unpaired) electrons. The molecule has 1 fully saturated rings. The fourth-order valence-electron chi connectivity index (χ4n) is 3.14. The van der Waals surface area contributed by atoms with Crippen molar-refractivity contribution in [2.24, 2.45) is 5.92 Å². The van der Waals surface area contributed by atoms with Gasteiger partial charge in [-0.1, -0.05) is 0 Å². The number of halogens is 1. The minimum atomic E-state index is -3.33. The lowest BCUT2D eigenvalue weighted by Crippen LogP contribution is -2.32. The molecule has 25 heavy (non-hydrogen) atoms. The van der Waals surface area contributed by atoms with Crippen molar-refractivity contribution in [3.8, 4) is 11.4 Å². The Hall–Kier alpha value is -1.77. The van der Waals surface area contributed by atoms with Crippen LogP contribution in [0.1, 0.15) is 11.6 Å². The number of aromatic nitrogens is 2. The number of aryl methyl sites for hydroxylation is 1. The van der Waals surface area contributed by atoms with E-state index in [4.69, 9.17) is 4.74 Å². The maximum Gasteiger partial charge on any atom is 0.214 e. The molecule has 1 saturated heterocycles. The maximum absolute atomic E-state index is 13.4. The normalized spacial score (nSPS) is 21.2. The highest BCUT2D eigenvalue weighted by Crippen LogP contribution is 2.32. The third-order valence-electron chi connectivity index (χ3n) is 4.60. The van der Waals surface area contributed by atoms with E-state index in [2.05, 4.69) is 4.98 Å². The Morgan fingerprint density at radius 3 is 2.80 bits per heavy atom. The summed E-state index contributed by atoms with van der Waals surface area (Å²) in [7, 11) is -0.262. The summed E-state index contributed by atoms with van der Waals surface area (Å²) in [6, 6.07) is 4.44. The molecule has 2 atom stereocenters. The lowest BCUT2D eigenvalue weighted by Gasteiger charge is -2.23. The molecule has 0 unspecified atom stereocenters. The third kappa shape index (κ3) is 3.61. The SMILES string of the molecule is Cc1cc(F)ccc1-c1nccn1[C@@H]1COC[C@@H]1CS(=O)(=O)N(C)C. The minimum Gasteiger partial charge on any atom is -0.379 e. The molecule has 1 aliphatic heterocycles. The molecule has 0 saturated carbocycles. The van der Waals surface area contributed by atoms with Gasteiger partial charge in [0.15, 0.2) is 0 Å². The number of nitrogens with zero attached hydrogens (tertiary/aromatic N) is 3. The maximum atomic E-state index is 13.4. The van der Waals surface area contributed by atoms with E-state index in [1.54, 1.807) is 12.3 Å². The zero-order valence-electron chi connectivity index (χ0n) is 14.5. The molecule has 0 spiro atoms. The Balaban J connectivity index is 1.93. The van der Waals surface area contributed by atoms with Crippen LogP contribution in [0.5, 0.6) is 0 Å². The highest BCUT2D eigenvalue weighted by atomic mass is 32.2. The topological polar surface area (TPSA) is 64.4 Å². The molecule has 8 heteroatoms. The highest BCUT2D eigenvalue weighted by molar-refractivity contribution is 7.89. The van der Waals surface area contributed by atoms with Gasteiger partial charge in [0, 0.05) is 38.0 Å². The van der Waals surface area contributed by atoms with E-state index in [9.17, 15) is 12.8 Å². The monoisotopic (exact) mass is 367 g/mol. The number of hydrogen-bond acceptors (Lipinski definition) is 4. The molecule has 1 aromatic heterocycles. The summed E-state index contributed by atoms with van der Waals surface area (Å²) in [4.78, 5) is 4.41. The zero-order chi connectivity index (χ0) is 18.2.